The van der Waals surface area contributed by atoms with Crippen LogP contribution in [0.3, 0.4) is 0 Å². The topological polar surface area (TPSA) is 82.6 Å². The van der Waals surface area contributed by atoms with E-state index in [0.717, 1.165) is 5.56 Å². The minimum absolute atomic E-state index is 0. The van der Waals surface area contributed by atoms with E-state index >= 15 is 0 Å². The van der Waals surface area contributed by atoms with E-state index in [2.05, 4.69) is 20.3 Å². The molecule has 10 heteroatoms. The van der Waals surface area contributed by atoms with Gasteiger partial charge in [-0.05, 0) is 31.5 Å². The maximum atomic E-state index is 13.3. The predicted molar refractivity (Wildman–Crippen MR) is 121 cm³/mol. The molecule has 0 spiro atoms. The van der Waals surface area contributed by atoms with Gasteiger partial charge in [-0.3, -0.25) is 4.99 Å². The molecule has 0 aromatic heterocycles. The number of benzene rings is 1. The number of guanidine groups is 1. The van der Waals surface area contributed by atoms with Crippen LogP contribution in [0.1, 0.15) is 33.3 Å². The molecule has 0 atom stereocenters. The molecule has 27 heavy (non-hydrogen) atoms. The largest absolute Gasteiger partial charge is 0.357 e. The van der Waals surface area contributed by atoms with E-state index < -0.39 is 15.4 Å². The zero-order valence-corrected chi connectivity index (χ0v) is 20.0. The Hall–Kier alpha value is -0.650. The molecule has 1 aromatic carbocycles. The van der Waals surface area contributed by atoms with Gasteiger partial charge in [0.2, 0.25) is 10.0 Å². The summed E-state index contributed by atoms with van der Waals surface area (Å²) in [4.78, 5) is 4.54. The van der Waals surface area contributed by atoms with Crippen LogP contribution in [0.4, 0.5) is 4.39 Å². The molecule has 0 aliphatic heterocycles. The van der Waals surface area contributed by atoms with Crippen LogP contribution in [0.15, 0.2) is 23.2 Å². The van der Waals surface area contributed by atoms with E-state index in [-0.39, 0.29) is 42.1 Å². The second-order valence-electron chi connectivity index (χ2n) is 6.43. The molecule has 1 aromatic rings. The van der Waals surface area contributed by atoms with Crippen LogP contribution in [0, 0.1) is 5.82 Å². The summed E-state index contributed by atoms with van der Waals surface area (Å²) in [7, 11) is -3.21. The Bertz CT molecular complexity index is 730. The van der Waals surface area contributed by atoms with E-state index in [0.29, 0.717) is 30.6 Å². The minimum Gasteiger partial charge on any atom is -0.357 e. The van der Waals surface area contributed by atoms with Gasteiger partial charge in [0.05, 0.1) is 12.3 Å². The third kappa shape index (κ3) is 9.40. The standard InChI is InChI=1S/C17H28ClFN4O2S.HI/c1-5-20-16(21-9-10-23-26(24,25)6-2)22-12-17(3,4)14-8-7-13(19)11-15(14)18;/h7-8,11,23H,5-6,9-10,12H2,1-4H3,(H2,20,21,22);1H. The number of sulfonamides is 1. The van der Waals surface area contributed by atoms with E-state index in [1.54, 1.807) is 13.0 Å². The Morgan fingerprint density at radius 2 is 1.89 bits per heavy atom. The van der Waals surface area contributed by atoms with Crippen LogP contribution in [0.25, 0.3) is 0 Å². The van der Waals surface area contributed by atoms with E-state index in [1.807, 2.05) is 20.8 Å². The molecule has 1 rings (SSSR count). The summed E-state index contributed by atoms with van der Waals surface area (Å²) in [6.07, 6.45) is 0. The highest BCUT2D eigenvalue weighted by Gasteiger charge is 2.23. The molecule has 0 bridgehead atoms. The normalized spacial score (nSPS) is 12.4. The van der Waals surface area contributed by atoms with Crippen molar-refractivity contribution in [1.82, 2.24) is 15.4 Å². The summed E-state index contributed by atoms with van der Waals surface area (Å²) >= 11 is 6.16. The Morgan fingerprint density at radius 1 is 1.22 bits per heavy atom. The molecular formula is C17H29ClFIN4O2S. The summed E-state index contributed by atoms with van der Waals surface area (Å²) < 4.78 is 38.6. The Morgan fingerprint density at radius 3 is 2.44 bits per heavy atom. The average molecular weight is 535 g/mol. The number of nitrogens with one attached hydrogen (secondary N) is 3. The highest BCUT2D eigenvalue weighted by atomic mass is 127. The number of hydrogen-bond acceptors (Lipinski definition) is 3. The van der Waals surface area contributed by atoms with Gasteiger partial charge in [0.25, 0.3) is 0 Å². The number of hydrogen-bond donors (Lipinski definition) is 3. The van der Waals surface area contributed by atoms with Crippen molar-refractivity contribution in [2.24, 2.45) is 4.99 Å². The van der Waals surface area contributed by atoms with E-state index in [9.17, 15) is 12.8 Å². The lowest BCUT2D eigenvalue weighted by atomic mass is 9.84. The summed E-state index contributed by atoms with van der Waals surface area (Å²) in [6, 6.07) is 4.36. The van der Waals surface area contributed by atoms with Crippen molar-refractivity contribution in [1.29, 1.82) is 0 Å². The molecule has 0 radical (unpaired) electrons. The molecule has 3 N–H and O–H groups in total. The zero-order chi connectivity index (χ0) is 19.8. The zero-order valence-electron chi connectivity index (χ0n) is 16.1. The molecule has 0 unspecified atom stereocenters. The van der Waals surface area contributed by atoms with Crippen molar-refractivity contribution >= 4 is 51.6 Å². The monoisotopic (exact) mass is 534 g/mol. The second-order valence-corrected chi connectivity index (χ2v) is 8.93. The number of rotatable bonds is 9. The van der Waals surface area contributed by atoms with Gasteiger partial charge in [0.1, 0.15) is 5.82 Å². The fraction of sp³-hybridized carbons (Fsp3) is 0.588. The van der Waals surface area contributed by atoms with Crippen molar-refractivity contribution in [2.75, 3.05) is 31.9 Å². The van der Waals surface area contributed by atoms with Gasteiger partial charge in [-0.2, -0.15) is 0 Å². The van der Waals surface area contributed by atoms with Gasteiger partial charge in [-0.25, -0.2) is 17.5 Å². The van der Waals surface area contributed by atoms with Crippen molar-refractivity contribution in [3.05, 3.63) is 34.6 Å². The molecule has 0 saturated carbocycles. The van der Waals surface area contributed by atoms with Crippen LogP contribution in [-0.4, -0.2) is 46.3 Å². The Kier molecular flexibility index (Phi) is 11.7. The van der Waals surface area contributed by atoms with Crippen molar-refractivity contribution in [3.63, 3.8) is 0 Å². The van der Waals surface area contributed by atoms with E-state index in [4.69, 9.17) is 11.6 Å². The SMILES string of the molecule is CCNC(=NCC(C)(C)c1ccc(F)cc1Cl)NCCNS(=O)(=O)CC.I. The summed E-state index contributed by atoms with van der Waals surface area (Å²) in [6.45, 7) is 9.27. The average Bonchev–Trinajstić information content (AvgIpc) is 2.56. The van der Waals surface area contributed by atoms with Crippen LogP contribution in [-0.2, 0) is 15.4 Å². The number of aliphatic imine (C=N–C) groups is 1. The van der Waals surface area contributed by atoms with Gasteiger partial charge in [-0.1, -0.05) is 31.5 Å². The number of nitrogens with zero attached hydrogens (tertiary/aromatic N) is 1. The van der Waals surface area contributed by atoms with Crippen molar-refractivity contribution in [2.45, 2.75) is 33.1 Å². The lowest BCUT2D eigenvalue weighted by Gasteiger charge is -2.25. The van der Waals surface area contributed by atoms with Gasteiger partial charge in [0, 0.05) is 30.1 Å². The molecule has 0 aliphatic rings. The highest BCUT2D eigenvalue weighted by Crippen LogP contribution is 2.30. The number of halogens is 3. The molecule has 0 amide bonds. The van der Waals surface area contributed by atoms with Crippen LogP contribution >= 0.6 is 35.6 Å². The molecule has 0 heterocycles. The van der Waals surface area contributed by atoms with E-state index in [1.165, 1.54) is 12.1 Å². The van der Waals surface area contributed by atoms with Crippen molar-refractivity contribution in [3.8, 4) is 0 Å². The quantitative estimate of drug-likeness (QED) is 0.197. The minimum atomic E-state index is -3.21. The molecule has 0 aliphatic carbocycles. The maximum absolute atomic E-state index is 13.3. The Balaban J connectivity index is 0.00000676. The van der Waals surface area contributed by atoms with Gasteiger partial charge < -0.3 is 10.6 Å². The molecule has 156 valence electrons. The predicted octanol–water partition coefficient (Wildman–Crippen LogP) is 2.87. The van der Waals surface area contributed by atoms with Gasteiger partial charge in [0.15, 0.2) is 5.96 Å². The lowest BCUT2D eigenvalue weighted by molar-refractivity contribution is 0.534. The Labute approximate surface area is 183 Å². The fourth-order valence-corrected chi connectivity index (χ4v) is 3.27. The third-order valence-corrected chi connectivity index (χ3v) is 5.47. The van der Waals surface area contributed by atoms with Crippen LogP contribution in [0.2, 0.25) is 5.02 Å². The summed E-state index contributed by atoms with van der Waals surface area (Å²) in [5, 5.41) is 6.57. The third-order valence-electron chi connectivity index (χ3n) is 3.76. The van der Waals surface area contributed by atoms with Crippen molar-refractivity contribution < 1.29 is 12.8 Å². The maximum Gasteiger partial charge on any atom is 0.211 e. The molecule has 0 fully saturated rings. The highest BCUT2D eigenvalue weighted by molar-refractivity contribution is 14.0. The van der Waals surface area contributed by atoms with Crippen LogP contribution < -0.4 is 15.4 Å². The smallest absolute Gasteiger partial charge is 0.211 e. The van der Waals surface area contributed by atoms with Gasteiger partial charge >= 0.3 is 0 Å². The molecule has 0 saturated heterocycles. The lowest BCUT2D eigenvalue weighted by Crippen LogP contribution is -2.42. The second kappa shape index (κ2) is 12.0. The first-order chi connectivity index (χ1) is 12.1. The molecular weight excluding hydrogens is 506 g/mol. The fourth-order valence-electron chi connectivity index (χ4n) is 2.23. The van der Waals surface area contributed by atoms with Crippen LogP contribution in [0.5, 0.6) is 0 Å². The van der Waals surface area contributed by atoms with Gasteiger partial charge in [-0.15, -0.1) is 24.0 Å². The first-order valence-corrected chi connectivity index (χ1v) is 10.6. The summed E-state index contributed by atoms with van der Waals surface area (Å²) in [5.74, 6) is 0.255. The molecule has 6 nitrogen and oxygen atoms in total. The first kappa shape index (κ1) is 26.4. The first-order valence-electron chi connectivity index (χ1n) is 8.56. The summed E-state index contributed by atoms with van der Waals surface area (Å²) in [5.41, 5.74) is 0.424.